The normalized spacial score (nSPS) is 13.8. The Balaban J connectivity index is 4.09. The first-order valence-corrected chi connectivity index (χ1v) is 4.67. The minimum Gasteiger partial charge on any atom is -0.550 e. The quantitative estimate of drug-likeness (QED) is 0.337. The molecule has 13 heavy (non-hydrogen) atoms. The Morgan fingerprint density at radius 1 is 1.54 bits per heavy atom. The molecule has 0 unspecified atom stereocenters. The number of carbonyl (C=O) groups excluding carboxylic acids is 1. The lowest BCUT2D eigenvalue weighted by molar-refractivity contribution is -0.869. The van der Waals surface area contributed by atoms with Gasteiger partial charge in [-0.15, -0.1) is 4.91 Å². The first-order chi connectivity index (χ1) is 5.85. The zero-order valence-corrected chi connectivity index (χ0v) is 8.84. The van der Waals surface area contributed by atoms with Gasteiger partial charge >= 0.3 is 0 Å². The third-order valence-corrected chi connectivity index (χ3v) is 2.04. The Morgan fingerprint density at radius 3 is 2.38 bits per heavy atom. The van der Waals surface area contributed by atoms with E-state index in [0.717, 1.165) is 11.9 Å². The van der Waals surface area contributed by atoms with Crippen molar-refractivity contribution in [3.63, 3.8) is 0 Å². The fraction of sp³-hybridized carbons (Fsp3) is 0.857. The van der Waals surface area contributed by atoms with Crippen LogP contribution in [0.2, 0.25) is 0 Å². The van der Waals surface area contributed by atoms with E-state index >= 15 is 0 Å². The van der Waals surface area contributed by atoms with Crippen molar-refractivity contribution in [2.75, 3.05) is 27.7 Å². The Labute approximate surface area is 81.8 Å². The van der Waals surface area contributed by atoms with E-state index in [4.69, 9.17) is 0 Å². The van der Waals surface area contributed by atoms with Crippen LogP contribution in [0.4, 0.5) is 0 Å². The lowest BCUT2D eigenvalue weighted by Gasteiger charge is -2.27. The van der Waals surface area contributed by atoms with E-state index in [2.05, 4.69) is 4.58 Å². The van der Waals surface area contributed by atoms with Gasteiger partial charge in [-0.05, 0) is 0 Å². The molecule has 0 bridgehead atoms. The Hall–Kier alpha value is -0.620. The predicted octanol–water partition coefficient (Wildman–Crippen LogP) is -0.384. The number of quaternary nitrogens is 1. The van der Waals surface area contributed by atoms with Crippen molar-refractivity contribution in [1.82, 2.24) is 0 Å². The number of rotatable bonds is 6. The SMILES string of the molecule is C[N+](C)(C)C[C@@H](CC(=O)[O-])SN=O. The number of aliphatic carboxylic acids is 1. The van der Waals surface area contributed by atoms with Crippen LogP contribution in [0.15, 0.2) is 4.58 Å². The van der Waals surface area contributed by atoms with Crippen molar-refractivity contribution < 1.29 is 14.4 Å². The minimum absolute atomic E-state index is 0.133. The summed E-state index contributed by atoms with van der Waals surface area (Å²) in [5.41, 5.74) is 0. The Bertz CT molecular complexity index is 191. The summed E-state index contributed by atoms with van der Waals surface area (Å²) in [5, 5.41) is 9.99. The monoisotopic (exact) mass is 206 g/mol. The van der Waals surface area contributed by atoms with Crippen LogP contribution in [0, 0.1) is 4.91 Å². The molecule has 0 aromatic carbocycles. The molecule has 0 saturated carbocycles. The molecule has 5 nitrogen and oxygen atoms in total. The molecule has 0 heterocycles. The molecule has 6 heteroatoms. The standard InChI is InChI=1S/C7H14N2O3S/c1-9(2,3)5-6(13-8-12)4-7(10)11/h6H,4-5H2,1-3H3/t6-/m1/s1. The molecule has 0 amide bonds. The third kappa shape index (κ3) is 7.73. The van der Waals surface area contributed by atoms with Crippen LogP contribution in [0.1, 0.15) is 6.42 Å². The highest BCUT2D eigenvalue weighted by Gasteiger charge is 2.19. The van der Waals surface area contributed by atoms with Gasteiger partial charge in [0.25, 0.3) is 0 Å². The van der Waals surface area contributed by atoms with Crippen LogP contribution in [-0.2, 0) is 4.79 Å². The molecular weight excluding hydrogens is 192 g/mol. The van der Waals surface area contributed by atoms with Gasteiger partial charge < -0.3 is 14.4 Å². The summed E-state index contributed by atoms with van der Waals surface area (Å²) in [7, 11) is 5.77. The largest absolute Gasteiger partial charge is 0.550 e. The van der Waals surface area contributed by atoms with Gasteiger partial charge in [0.05, 0.1) is 32.9 Å². The number of carboxylic acids is 1. The number of hydrogen-bond donors (Lipinski definition) is 0. The Kier molecular flexibility index (Phi) is 4.94. The maximum absolute atomic E-state index is 10.3. The number of carboxylic acid groups (broad SMARTS) is 1. The van der Waals surface area contributed by atoms with Crippen LogP contribution in [0.3, 0.4) is 0 Å². The second-order valence-corrected chi connectivity index (χ2v) is 4.88. The summed E-state index contributed by atoms with van der Waals surface area (Å²) in [6.45, 7) is 0.574. The maximum Gasteiger partial charge on any atom is 0.0924 e. The summed E-state index contributed by atoms with van der Waals surface area (Å²) < 4.78 is 3.24. The maximum atomic E-state index is 10.3. The summed E-state index contributed by atoms with van der Waals surface area (Å²) >= 11 is 0.765. The molecule has 0 aromatic rings. The van der Waals surface area contributed by atoms with Crippen LogP contribution in [0.25, 0.3) is 0 Å². The van der Waals surface area contributed by atoms with E-state index in [1.807, 2.05) is 21.1 Å². The number of carbonyl (C=O) groups is 1. The smallest absolute Gasteiger partial charge is 0.0924 e. The van der Waals surface area contributed by atoms with Crippen LogP contribution >= 0.6 is 11.9 Å². The highest BCUT2D eigenvalue weighted by molar-refractivity contribution is 7.98. The van der Waals surface area contributed by atoms with Crippen molar-refractivity contribution in [1.29, 1.82) is 0 Å². The zero-order valence-electron chi connectivity index (χ0n) is 8.02. The molecule has 0 radical (unpaired) electrons. The van der Waals surface area contributed by atoms with E-state index in [9.17, 15) is 14.8 Å². The first kappa shape index (κ1) is 12.4. The van der Waals surface area contributed by atoms with E-state index in [1.165, 1.54) is 0 Å². The van der Waals surface area contributed by atoms with Gasteiger partial charge in [0.15, 0.2) is 0 Å². The number of nitrogens with zero attached hydrogens (tertiary/aromatic N) is 2. The van der Waals surface area contributed by atoms with E-state index in [0.29, 0.717) is 11.0 Å². The molecule has 0 N–H and O–H groups in total. The molecule has 0 rings (SSSR count). The topological polar surface area (TPSA) is 69.6 Å². The van der Waals surface area contributed by atoms with Crippen LogP contribution in [-0.4, -0.2) is 43.4 Å². The molecule has 0 fully saturated rings. The second-order valence-electron chi connectivity index (χ2n) is 3.85. The molecule has 0 aliphatic rings. The van der Waals surface area contributed by atoms with E-state index in [-0.39, 0.29) is 11.7 Å². The van der Waals surface area contributed by atoms with Gasteiger partial charge in [-0.25, -0.2) is 0 Å². The molecule has 0 aromatic heterocycles. The van der Waals surface area contributed by atoms with Crippen molar-refractivity contribution in [3.8, 4) is 0 Å². The number of nitroso groups, excluding NO2 is 1. The zero-order chi connectivity index (χ0) is 10.5. The minimum atomic E-state index is -1.14. The average molecular weight is 206 g/mol. The number of hydrogen-bond acceptors (Lipinski definition) is 5. The van der Waals surface area contributed by atoms with Crippen molar-refractivity contribution in [3.05, 3.63) is 4.91 Å². The second kappa shape index (κ2) is 5.18. The molecule has 0 spiro atoms. The van der Waals surface area contributed by atoms with Crippen LogP contribution in [0.5, 0.6) is 0 Å². The lowest BCUT2D eigenvalue weighted by Crippen LogP contribution is -2.42. The predicted molar refractivity (Wildman–Crippen MR) is 49.7 cm³/mol. The Morgan fingerprint density at radius 2 is 2.08 bits per heavy atom. The molecule has 0 saturated heterocycles. The van der Waals surface area contributed by atoms with Crippen molar-refractivity contribution >= 4 is 17.9 Å². The van der Waals surface area contributed by atoms with Gasteiger partial charge in [-0.1, -0.05) is 0 Å². The summed E-state index contributed by atoms with van der Waals surface area (Å²) in [6.07, 6.45) is -0.133. The molecule has 0 aliphatic carbocycles. The van der Waals surface area contributed by atoms with Gasteiger partial charge in [-0.2, -0.15) is 0 Å². The van der Waals surface area contributed by atoms with Gasteiger partial charge in [-0.3, -0.25) is 0 Å². The van der Waals surface area contributed by atoms with Gasteiger partial charge in [0.1, 0.15) is 0 Å². The van der Waals surface area contributed by atoms with E-state index in [1.54, 1.807) is 0 Å². The molecule has 0 aliphatic heterocycles. The van der Waals surface area contributed by atoms with Crippen LogP contribution < -0.4 is 5.11 Å². The lowest BCUT2D eigenvalue weighted by atomic mass is 10.3. The first-order valence-electron chi connectivity index (χ1n) is 3.84. The summed E-state index contributed by atoms with van der Waals surface area (Å²) in [4.78, 5) is 20.3. The third-order valence-electron chi connectivity index (χ3n) is 1.34. The summed E-state index contributed by atoms with van der Waals surface area (Å²) in [6, 6.07) is 0. The van der Waals surface area contributed by atoms with Gasteiger partial charge in [0, 0.05) is 28.9 Å². The highest BCUT2D eigenvalue weighted by atomic mass is 32.2. The molecule has 76 valence electrons. The highest BCUT2D eigenvalue weighted by Crippen LogP contribution is 2.17. The van der Waals surface area contributed by atoms with Crippen molar-refractivity contribution in [2.45, 2.75) is 11.7 Å². The van der Waals surface area contributed by atoms with E-state index < -0.39 is 5.97 Å². The fourth-order valence-electron chi connectivity index (χ4n) is 0.993. The van der Waals surface area contributed by atoms with Crippen molar-refractivity contribution in [2.24, 2.45) is 4.58 Å². The van der Waals surface area contributed by atoms with Gasteiger partial charge in [0.2, 0.25) is 0 Å². The molecule has 1 atom stereocenters. The molecular formula is C7H14N2O3S. The fourth-order valence-corrected chi connectivity index (χ4v) is 1.84. The summed E-state index contributed by atoms with van der Waals surface area (Å²) in [5.74, 6) is -1.14. The average Bonchev–Trinajstić information content (AvgIpc) is 1.81.